The maximum atomic E-state index is 14.4. The molecule has 0 aliphatic heterocycles. The number of benzene rings is 1. The lowest BCUT2D eigenvalue weighted by Gasteiger charge is -2.29. The van der Waals surface area contributed by atoms with E-state index in [2.05, 4.69) is 20.6 Å². The highest BCUT2D eigenvalue weighted by Gasteiger charge is 2.29. The van der Waals surface area contributed by atoms with Crippen molar-refractivity contribution >= 4 is 34.7 Å². The van der Waals surface area contributed by atoms with E-state index in [4.69, 9.17) is 10.7 Å². The SMILES string of the molecule is NC(=O)[C@H]1CC[C@H](n2c(Nc3c(F)cccc3F)nc3cnc(NC4CCCC4)nc32)CC1. The highest BCUT2D eigenvalue weighted by atomic mass is 19.1. The topological polar surface area (TPSA) is 111 Å². The summed E-state index contributed by atoms with van der Waals surface area (Å²) in [5, 5.41) is 6.24. The number of carbonyl (C=O) groups excluding carboxylic acids is 1. The quantitative estimate of drug-likeness (QED) is 0.508. The molecule has 3 aromatic rings. The number of para-hydroxylation sites is 1. The molecule has 1 aromatic carbocycles. The van der Waals surface area contributed by atoms with Gasteiger partial charge in [0.1, 0.15) is 22.8 Å². The first-order valence-corrected chi connectivity index (χ1v) is 11.5. The van der Waals surface area contributed by atoms with Crippen LogP contribution in [-0.2, 0) is 4.79 Å². The van der Waals surface area contributed by atoms with Crippen LogP contribution in [0.5, 0.6) is 0 Å². The Hall–Kier alpha value is -3.30. The van der Waals surface area contributed by atoms with Gasteiger partial charge in [0.15, 0.2) is 5.65 Å². The second-order valence-corrected chi connectivity index (χ2v) is 8.96. The van der Waals surface area contributed by atoms with Crippen molar-refractivity contribution in [3.05, 3.63) is 36.0 Å². The van der Waals surface area contributed by atoms with Crippen molar-refractivity contribution in [1.82, 2.24) is 19.5 Å². The number of amides is 1. The summed E-state index contributed by atoms with van der Waals surface area (Å²) in [7, 11) is 0. The number of nitrogens with two attached hydrogens (primary N) is 1. The van der Waals surface area contributed by atoms with Crippen molar-refractivity contribution in [2.24, 2.45) is 11.7 Å². The van der Waals surface area contributed by atoms with E-state index < -0.39 is 11.6 Å². The molecule has 33 heavy (non-hydrogen) atoms. The number of nitrogens with zero attached hydrogens (tertiary/aromatic N) is 4. The molecule has 0 radical (unpaired) electrons. The first-order chi connectivity index (χ1) is 16.0. The molecule has 0 saturated heterocycles. The van der Waals surface area contributed by atoms with Crippen LogP contribution in [0, 0.1) is 17.6 Å². The van der Waals surface area contributed by atoms with Crippen molar-refractivity contribution in [3.63, 3.8) is 0 Å². The van der Waals surface area contributed by atoms with E-state index in [0.717, 1.165) is 12.8 Å². The second-order valence-electron chi connectivity index (χ2n) is 8.96. The highest BCUT2D eigenvalue weighted by molar-refractivity contribution is 5.78. The third-order valence-corrected chi connectivity index (χ3v) is 6.78. The Balaban J connectivity index is 1.53. The highest BCUT2D eigenvalue weighted by Crippen LogP contribution is 2.37. The number of aromatic nitrogens is 4. The molecular formula is C23H27F2N7O. The summed E-state index contributed by atoms with van der Waals surface area (Å²) in [5.41, 5.74) is 6.36. The first-order valence-electron chi connectivity index (χ1n) is 11.5. The number of primary amides is 1. The summed E-state index contributed by atoms with van der Waals surface area (Å²) in [4.78, 5) is 25.3. The molecule has 5 rings (SSSR count). The van der Waals surface area contributed by atoms with Gasteiger partial charge >= 0.3 is 0 Å². The van der Waals surface area contributed by atoms with Crippen molar-refractivity contribution in [1.29, 1.82) is 0 Å². The van der Waals surface area contributed by atoms with Gasteiger partial charge in [-0.1, -0.05) is 18.9 Å². The Bertz CT molecular complexity index is 1150. The Morgan fingerprint density at radius 3 is 2.39 bits per heavy atom. The van der Waals surface area contributed by atoms with E-state index in [0.29, 0.717) is 54.8 Å². The average Bonchev–Trinajstić information content (AvgIpc) is 3.44. The largest absolute Gasteiger partial charge is 0.369 e. The molecule has 0 bridgehead atoms. The molecule has 10 heteroatoms. The Morgan fingerprint density at radius 1 is 1.03 bits per heavy atom. The third-order valence-electron chi connectivity index (χ3n) is 6.78. The minimum Gasteiger partial charge on any atom is -0.369 e. The van der Waals surface area contributed by atoms with Gasteiger partial charge in [-0.2, -0.15) is 4.98 Å². The summed E-state index contributed by atoms with van der Waals surface area (Å²) in [6, 6.07) is 4.00. The van der Waals surface area contributed by atoms with Gasteiger partial charge in [0.05, 0.1) is 6.20 Å². The molecule has 8 nitrogen and oxygen atoms in total. The monoisotopic (exact) mass is 455 g/mol. The predicted molar refractivity (Wildman–Crippen MR) is 121 cm³/mol. The molecular weight excluding hydrogens is 428 g/mol. The van der Waals surface area contributed by atoms with Crippen LogP contribution in [0.1, 0.15) is 57.4 Å². The van der Waals surface area contributed by atoms with Gasteiger partial charge < -0.3 is 16.4 Å². The summed E-state index contributed by atoms with van der Waals surface area (Å²) in [6.07, 6.45) is 8.82. The van der Waals surface area contributed by atoms with Crippen LogP contribution in [0.15, 0.2) is 24.4 Å². The van der Waals surface area contributed by atoms with Gasteiger partial charge in [-0.3, -0.25) is 9.36 Å². The normalized spacial score (nSPS) is 21.4. The van der Waals surface area contributed by atoms with Crippen molar-refractivity contribution in [2.75, 3.05) is 10.6 Å². The molecule has 2 aliphatic carbocycles. The lowest BCUT2D eigenvalue weighted by atomic mass is 9.85. The lowest BCUT2D eigenvalue weighted by molar-refractivity contribution is -0.122. The molecule has 174 valence electrons. The molecule has 0 unspecified atom stereocenters. The number of rotatable bonds is 6. The van der Waals surface area contributed by atoms with E-state index in [-0.39, 0.29) is 23.6 Å². The smallest absolute Gasteiger partial charge is 0.224 e. The second kappa shape index (κ2) is 8.92. The molecule has 2 aromatic heterocycles. The fraction of sp³-hybridized carbons (Fsp3) is 0.478. The fourth-order valence-corrected chi connectivity index (χ4v) is 4.99. The van der Waals surface area contributed by atoms with Crippen molar-refractivity contribution < 1.29 is 13.6 Å². The average molecular weight is 456 g/mol. The standard InChI is InChI=1S/C23H27F2N7O/c24-16-6-3-7-17(25)19(16)30-23-29-18-12-27-22(28-14-4-1-2-5-14)31-21(18)32(23)15-10-8-13(9-11-15)20(26)33/h3,6-7,12-15H,1-2,4-5,8-11H2,(H2,26,33)(H,29,30)(H,27,28,31)/t13-,15-. The Kier molecular flexibility index (Phi) is 5.82. The zero-order valence-corrected chi connectivity index (χ0v) is 18.2. The van der Waals surface area contributed by atoms with Gasteiger partial charge in [-0.05, 0) is 50.7 Å². The fourth-order valence-electron chi connectivity index (χ4n) is 4.99. The van der Waals surface area contributed by atoms with Crippen LogP contribution < -0.4 is 16.4 Å². The van der Waals surface area contributed by atoms with E-state index in [9.17, 15) is 13.6 Å². The number of hydrogen-bond donors (Lipinski definition) is 3. The number of anilines is 3. The zero-order chi connectivity index (χ0) is 22.9. The summed E-state index contributed by atoms with van der Waals surface area (Å²) < 4.78 is 30.6. The Labute approximate surface area is 190 Å². The maximum absolute atomic E-state index is 14.4. The van der Waals surface area contributed by atoms with Gasteiger partial charge in [0, 0.05) is 18.0 Å². The number of imidazole rings is 1. The van der Waals surface area contributed by atoms with Crippen LogP contribution in [0.2, 0.25) is 0 Å². The number of halogens is 2. The van der Waals surface area contributed by atoms with Crippen molar-refractivity contribution in [2.45, 2.75) is 63.5 Å². The number of carbonyl (C=O) groups is 1. The van der Waals surface area contributed by atoms with E-state index >= 15 is 0 Å². The van der Waals surface area contributed by atoms with E-state index in [1.807, 2.05) is 4.57 Å². The predicted octanol–water partition coefficient (Wildman–Crippen LogP) is 4.42. The van der Waals surface area contributed by atoms with Crippen LogP contribution >= 0.6 is 0 Å². The molecule has 4 N–H and O–H groups in total. The molecule has 1 amide bonds. The molecule has 0 spiro atoms. The molecule has 2 fully saturated rings. The number of nitrogens with one attached hydrogen (secondary N) is 2. The van der Waals surface area contributed by atoms with E-state index in [1.165, 1.54) is 31.0 Å². The minimum absolute atomic E-state index is 0.0443. The van der Waals surface area contributed by atoms with Crippen LogP contribution in [-0.4, -0.2) is 31.5 Å². The van der Waals surface area contributed by atoms with Crippen molar-refractivity contribution in [3.8, 4) is 0 Å². The summed E-state index contributed by atoms with van der Waals surface area (Å²) >= 11 is 0. The summed E-state index contributed by atoms with van der Waals surface area (Å²) in [5.74, 6) is -1.05. The van der Waals surface area contributed by atoms with E-state index in [1.54, 1.807) is 6.20 Å². The zero-order valence-electron chi connectivity index (χ0n) is 18.2. The number of fused-ring (bicyclic) bond motifs is 1. The first kappa shape index (κ1) is 21.5. The number of hydrogen-bond acceptors (Lipinski definition) is 6. The maximum Gasteiger partial charge on any atom is 0.224 e. The minimum atomic E-state index is -0.708. The lowest BCUT2D eigenvalue weighted by Crippen LogP contribution is -2.29. The van der Waals surface area contributed by atoms with Crippen LogP contribution in [0.3, 0.4) is 0 Å². The Morgan fingerprint density at radius 2 is 1.73 bits per heavy atom. The van der Waals surface area contributed by atoms with Crippen LogP contribution in [0.4, 0.5) is 26.4 Å². The molecule has 2 aliphatic rings. The molecule has 2 heterocycles. The summed E-state index contributed by atoms with van der Waals surface area (Å²) in [6.45, 7) is 0. The van der Waals surface area contributed by atoms with Crippen LogP contribution in [0.25, 0.3) is 11.2 Å². The van der Waals surface area contributed by atoms with Gasteiger partial charge in [0.25, 0.3) is 0 Å². The van der Waals surface area contributed by atoms with Gasteiger partial charge in [-0.15, -0.1) is 0 Å². The van der Waals surface area contributed by atoms with Gasteiger partial charge in [0.2, 0.25) is 17.8 Å². The molecule has 0 atom stereocenters. The third kappa shape index (κ3) is 4.34. The van der Waals surface area contributed by atoms with Gasteiger partial charge in [-0.25, -0.2) is 18.7 Å². The molecule has 2 saturated carbocycles.